The molecule has 0 radical (unpaired) electrons. The molecule has 0 bridgehead atoms. The summed E-state index contributed by atoms with van der Waals surface area (Å²) in [5.74, 6) is -0.730. The van der Waals surface area contributed by atoms with Crippen LogP contribution in [-0.2, 0) is 4.74 Å². The third-order valence-corrected chi connectivity index (χ3v) is 5.92. The summed E-state index contributed by atoms with van der Waals surface area (Å²) in [5, 5.41) is 3.35. The molecule has 1 aromatic rings. The van der Waals surface area contributed by atoms with Gasteiger partial charge in [0.1, 0.15) is 0 Å². The van der Waals surface area contributed by atoms with Crippen LogP contribution >= 0.6 is 0 Å². The van der Waals surface area contributed by atoms with E-state index in [0.717, 1.165) is 19.4 Å². The second kappa shape index (κ2) is 7.05. The van der Waals surface area contributed by atoms with Crippen molar-refractivity contribution in [3.8, 4) is 0 Å². The summed E-state index contributed by atoms with van der Waals surface area (Å²) in [6.45, 7) is 6.39. The Morgan fingerprint density at radius 2 is 2.00 bits per heavy atom. The van der Waals surface area contributed by atoms with Gasteiger partial charge in [-0.25, -0.2) is 0 Å². The highest BCUT2D eigenvalue weighted by atomic mass is 16.5. The van der Waals surface area contributed by atoms with Crippen LogP contribution in [0, 0.1) is 0 Å². The Labute approximate surface area is 158 Å². The van der Waals surface area contributed by atoms with Gasteiger partial charge in [0.15, 0.2) is 0 Å². The molecule has 3 aliphatic heterocycles. The van der Waals surface area contributed by atoms with Gasteiger partial charge in [-0.15, -0.1) is 0 Å². The van der Waals surface area contributed by atoms with E-state index in [4.69, 9.17) is 4.74 Å². The Morgan fingerprint density at radius 3 is 2.74 bits per heavy atom. The number of piperazine rings is 1. The van der Waals surface area contributed by atoms with Crippen LogP contribution in [0.5, 0.6) is 0 Å². The van der Waals surface area contributed by atoms with E-state index in [1.165, 1.54) is 4.90 Å². The van der Waals surface area contributed by atoms with Crippen molar-refractivity contribution in [3.63, 3.8) is 0 Å². The lowest BCUT2D eigenvalue weighted by Gasteiger charge is -2.38. The SMILES string of the molecule is CC1NCCN(C(=O)c2ccc3c(c2)C(=O)N(CC2CCCO2)C3=O)C1C. The van der Waals surface area contributed by atoms with Crippen LogP contribution in [-0.4, -0.2) is 72.0 Å². The molecule has 7 nitrogen and oxygen atoms in total. The van der Waals surface area contributed by atoms with E-state index < -0.39 is 0 Å². The number of carbonyl (C=O) groups is 3. The molecule has 0 aliphatic carbocycles. The van der Waals surface area contributed by atoms with E-state index in [-0.39, 0.29) is 42.5 Å². The molecule has 3 heterocycles. The molecule has 2 fully saturated rings. The number of hydrogen-bond donors (Lipinski definition) is 1. The molecule has 144 valence electrons. The van der Waals surface area contributed by atoms with Crippen molar-refractivity contribution < 1.29 is 19.1 Å². The van der Waals surface area contributed by atoms with Crippen molar-refractivity contribution in [3.05, 3.63) is 34.9 Å². The van der Waals surface area contributed by atoms with Gasteiger partial charge in [0.2, 0.25) is 0 Å². The fourth-order valence-corrected chi connectivity index (χ4v) is 4.09. The summed E-state index contributed by atoms with van der Waals surface area (Å²) in [7, 11) is 0. The predicted octanol–water partition coefficient (Wildman–Crippen LogP) is 1.28. The highest BCUT2D eigenvalue weighted by molar-refractivity contribution is 6.22. The van der Waals surface area contributed by atoms with Gasteiger partial charge in [-0.1, -0.05) is 0 Å². The van der Waals surface area contributed by atoms with Crippen LogP contribution in [0.2, 0.25) is 0 Å². The molecule has 7 heteroatoms. The normalized spacial score (nSPS) is 28.0. The van der Waals surface area contributed by atoms with Crippen LogP contribution in [0.3, 0.4) is 0 Å². The standard InChI is InChI=1S/C20H25N3O4/c1-12-13(2)22(8-7-21-12)18(24)14-5-6-16-17(10-14)20(26)23(19(16)25)11-15-4-3-9-27-15/h5-6,10,12-13,15,21H,3-4,7-9,11H2,1-2H3. The van der Waals surface area contributed by atoms with Gasteiger partial charge in [0, 0.05) is 37.3 Å². The summed E-state index contributed by atoms with van der Waals surface area (Å²) in [6.07, 6.45) is 1.72. The van der Waals surface area contributed by atoms with E-state index in [9.17, 15) is 14.4 Å². The molecule has 1 aromatic carbocycles. The van der Waals surface area contributed by atoms with Crippen LogP contribution in [0.4, 0.5) is 0 Å². The quantitative estimate of drug-likeness (QED) is 0.810. The van der Waals surface area contributed by atoms with Crippen molar-refractivity contribution in [2.24, 2.45) is 0 Å². The first kappa shape index (κ1) is 18.1. The monoisotopic (exact) mass is 371 g/mol. The first-order valence-electron chi connectivity index (χ1n) is 9.63. The van der Waals surface area contributed by atoms with Gasteiger partial charge in [-0.05, 0) is 44.9 Å². The Morgan fingerprint density at radius 1 is 1.22 bits per heavy atom. The van der Waals surface area contributed by atoms with Crippen LogP contribution < -0.4 is 5.32 Å². The molecule has 3 aliphatic rings. The second-order valence-electron chi connectivity index (χ2n) is 7.60. The number of imide groups is 1. The van der Waals surface area contributed by atoms with E-state index in [0.29, 0.717) is 29.8 Å². The lowest BCUT2D eigenvalue weighted by Crippen LogP contribution is -2.57. The summed E-state index contributed by atoms with van der Waals surface area (Å²) in [4.78, 5) is 41.5. The minimum atomic E-state index is -0.332. The number of benzene rings is 1. The van der Waals surface area contributed by atoms with E-state index in [1.807, 2.05) is 11.8 Å². The topological polar surface area (TPSA) is 79.0 Å². The van der Waals surface area contributed by atoms with Gasteiger partial charge in [0.05, 0.1) is 23.8 Å². The Balaban J connectivity index is 1.56. The van der Waals surface area contributed by atoms with E-state index in [1.54, 1.807) is 18.2 Å². The van der Waals surface area contributed by atoms with Crippen LogP contribution in [0.15, 0.2) is 18.2 Å². The van der Waals surface area contributed by atoms with Gasteiger partial charge in [-0.3, -0.25) is 19.3 Å². The molecule has 1 N–H and O–H groups in total. The maximum Gasteiger partial charge on any atom is 0.261 e. The predicted molar refractivity (Wildman–Crippen MR) is 98.7 cm³/mol. The maximum atomic E-state index is 13.0. The van der Waals surface area contributed by atoms with Crippen molar-refractivity contribution in [2.45, 2.75) is 44.9 Å². The van der Waals surface area contributed by atoms with Crippen molar-refractivity contribution in [1.29, 1.82) is 0 Å². The lowest BCUT2D eigenvalue weighted by molar-refractivity contribution is 0.0475. The molecule has 0 aromatic heterocycles. The minimum Gasteiger partial charge on any atom is -0.376 e. The minimum absolute atomic E-state index is 0.0628. The highest BCUT2D eigenvalue weighted by Crippen LogP contribution is 2.27. The zero-order chi connectivity index (χ0) is 19.1. The van der Waals surface area contributed by atoms with E-state index in [2.05, 4.69) is 12.2 Å². The molecular weight excluding hydrogens is 346 g/mol. The van der Waals surface area contributed by atoms with Gasteiger partial charge < -0.3 is 15.0 Å². The number of amides is 3. The number of hydrogen-bond acceptors (Lipinski definition) is 5. The smallest absolute Gasteiger partial charge is 0.261 e. The molecule has 27 heavy (non-hydrogen) atoms. The molecule has 3 unspecified atom stereocenters. The van der Waals surface area contributed by atoms with Gasteiger partial charge in [-0.2, -0.15) is 0 Å². The number of nitrogens with one attached hydrogen (secondary N) is 1. The number of rotatable bonds is 3. The van der Waals surface area contributed by atoms with Crippen molar-refractivity contribution in [2.75, 3.05) is 26.2 Å². The average molecular weight is 371 g/mol. The number of nitrogens with zero attached hydrogens (tertiary/aromatic N) is 2. The van der Waals surface area contributed by atoms with Gasteiger partial charge in [0.25, 0.3) is 17.7 Å². The third kappa shape index (κ3) is 3.15. The number of ether oxygens (including phenoxy) is 1. The van der Waals surface area contributed by atoms with E-state index >= 15 is 0 Å². The Kier molecular flexibility index (Phi) is 4.74. The second-order valence-corrected chi connectivity index (χ2v) is 7.60. The van der Waals surface area contributed by atoms with Crippen molar-refractivity contribution in [1.82, 2.24) is 15.1 Å². The first-order chi connectivity index (χ1) is 13.0. The molecule has 2 saturated heterocycles. The number of fused-ring (bicyclic) bond motifs is 1. The zero-order valence-corrected chi connectivity index (χ0v) is 15.7. The summed E-state index contributed by atoms with van der Waals surface area (Å²) >= 11 is 0. The Hall–Kier alpha value is -2.25. The fourth-order valence-electron chi connectivity index (χ4n) is 4.09. The molecule has 0 saturated carbocycles. The summed E-state index contributed by atoms with van der Waals surface area (Å²) in [5.41, 5.74) is 1.14. The molecular formula is C20H25N3O4. The molecule has 4 rings (SSSR count). The summed E-state index contributed by atoms with van der Waals surface area (Å²) in [6, 6.07) is 5.11. The largest absolute Gasteiger partial charge is 0.376 e. The zero-order valence-electron chi connectivity index (χ0n) is 15.7. The first-order valence-corrected chi connectivity index (χ1v) is 9.63. The number of carbonyl (C=O) groups excluding carboxylic acids is 3. The fraction of sp³-hybridized carbons (Fsp3) is 0.550. The third-order valence-electron chi connectivity index (χ3n) is 5.92. The lowest BCUT2D eigenvalue weighted by atomic mass is 10.0. The van der Waals surface area contributed by atoms with Crippen LogP contribution in [0.25, 0.3) is 0 Å². The van der Waals surface area contributed by atoms with Gasteiger partial charge >= 0.3 is 0 Å². The highest BCUT2D eigenvalue weighted by Gasteiger charge is 2.38. The average Bonchev–Trinajstić information content (AvgIpc) is 3.26. The molecule has 3 amide bonds. The van der Waals surface area contributed by atoms with Crippen LogP contribution in [0.1, 0.15) is 57.8 Å². The molecule has 3 atom stereocenters. The van der Waals surface area contributed by atoms with Crippen molar-refractivity contribution >= 4 is 17.7 Å². The summed E-state index contributed by atoms with van der Waals surface area (Å²) < 4.78 is 5.56. The Bertz CT molecular complexity index is 787. The maximum absolute atomic E-state index is 13.0. The molecule has 0 spiro atoms.